The lowest BCUT2D eigenvalue weighted by molar-refractivity contribution is -0.137. The second kappa shape index (κ2) is 5.52. The monoisotopic (exact) mass is 284 g/mol. The minimum Gasteiger partial charge on any atom is -0.370 e. The molecule has 0 spiro atoms. The average molecular weight is 284 g/mol. The molecule has 2 rings (SSSR count). The fourth-order valence-corrected chi connectivity index (χ4v) is 1.74. The van der Waals surface area contributed by atoms with Crippen molar-refractivity contribution in [1.82, 2.24) is 14.8 Å². The molecule has 0 saturated carbocycles. The Morgan fingerprint density at radius 2 is 2.05 bits per heavy atom. The molecule has 0 bridgehead atoms. The first-order valence-corrected chi connectivity index (χ1v) is 6.22. The molecule has 0 atom stereocenters. The first-order chi connectivity index (χ1) is 9.40. The molecule has 2 aromatic heterocycles. The number of aromatic nitrogens is 3. The van der Waals surface area contributed by atoms with E-state index in [1.165, 1.54) is 10.9 Å². The molecule has 2 aromatic rings. The standard InChI is InChI=1S/C13H15F3N4/c1-3-4-17-12-6-10(13(14,15)16)5-11(19-12)9-7-18-20(2)8-9/h5-8H,3-4H2,1-2H3,(H,17,19). The van der Waals surface area contributed by atoms with Crippen molar-refractivity contribution in [3.8, 4) is 11.3 Å². The van der Waals surface area contributed by atoms with Crippen LogP contribution in [0.1, 0.15) is 18.9 Å². The maximum atomic E-state index is 12.9. The summed E-state index contributed by atoms with van der Waals surface area (Å²) in [6, 6.07) is 2.06. The summed E-state index contributed by atoms with van der Waals surface area (Å²) < 4.78 is 40.3. The first-order valence-electron chi connectivity index (χ1n) is 6.22. The second-order valence-corrected chi connectivity index (χ2v) is 4.45. The third kappa shape index (κ3) is 3.28. The predicted molar refractivity (Wildman–Crippen MR) is 70.2 cm³/mol. The van der Waals surface area contributed by atoms with Crippen molar-refractivity contribution in [1.29, 1.82) is 0 Å². The van der Waals surface area contributed by atoms with Gasteiger partial charge in [0.05, 0.1) is 17.5 Å². The topological polar surface area (TPSA) is 42.7 Å². The van der Waals surface area contributed by atoms with Crippen LogP contribution in [0.25, 0.3) is 11.3 Å². The highest BCUT2D eigenvalue weighted by Gasteiger charge is 2.31. The van der Waals surface area contributed by atoms with E-state index in [0.29, 0.717) is 12.1 Å². The SMILES string of the molecule is CCCNc1cc(C(F)(F)F)cc(-c2cnn(C)c2)n1. The van der Waals surface area contributed by atoms with Crippen molar-refractivity contribution in [2.45, 2.75) is 19.5 Å². The van der Waals surface area contributed by atoms with E-state index in [4.69, 9.17) is 0 Å². The van der Waals surface area contributed by atoms with Crippen LogP contribution in [0.4, 0.5) is 19.0 Å². The fraction of sp³-hybridized carbons (Fsp3) is 0.385. The summed E-state index contributed by atoms with van der Waals surface area (Å²) in [5, 5.41) is 6.84. The summed E-state index contributed by atoms with van der Waals surface area (Å²) in [7, 11) is 1.70. The number of hydrogen-bond donors (Lipinski definition) is 1. The van der Waals surface area contributed by atoms with Gasteiger partial charge in [-0.15, -0.1) is 0 Å². The number of nitrogens with one attached hydrogen (secondary N) is 1. The zero-order chi connectivity index (χ0) is 14.8. The van der Waals surface area contributed by atoms with Crippen molar-refractivity contribution < 1.29 is 13.2 Å². The van der Waals surface area contributed by atoms with Crippen LogP contribution in [-0.4, -0.2) is 21.3 Å². The quantitative estimate of drug-likeness (QED) is 0.936. The lowest BCUT2D eigenvalue weighted by atomic mass is 10.1. The first kappa shape index (κ1) is 14.4. The van der Waals surface area contributed by atoms with Crippen LogP contribution in [0.2, 0.25) is 0 Å². The molecule has 0 amide bonds. The minimum atomic E-state index is -4.40. The molecule has 7 heteroatoms. The Bertz CT molecular complexity index is 590. The van der Waals surface area contributed by atoms with E-state index in [0.717, 1.165) is 18.6 Å². The predicted octanol–water partition coefficient (Wildman–Crippen LogP) is 3.32. The highest BCUT2D eigenvalue weighted by atomic mass is 19.4. The minimum absolute atomic E-state index is 0.223. The Morgan fingerprint density at radius 1 is 1.30 bits per heavy atom. The number of halogens is 3. The van der Waals surface area contributed by atoms with Crippen molar-refractivity contribution >= 4 is 5.82 Å². The number of hydrogen-bond acceptors (Lipinski definition) is 3. The van der Waals surface area contributed by atoms with Crippen LogP contribution in [0.15, 0.2) is 24.5 Å². The lowest BCUT2D eigenvalue weighted by Crippen LogP contribution is -2.09. The van der Waals surface area contributed by atoms with Gasteiger partial charge in [0.25, 0.3) is 0 Å². The molecule has 0 unspecified atom stereocenters. The normalized spacial score (nSPS) is 11.7. The summed E-state index contributed by atoms with van der Waals surface area (Å²) in [4.78, 5) is 4.20. The van der Waals surface area contributed by atoms with E-state index >= 15 is 0 Å². The number of rotatable bonds is 4. The Hall–Kier alpha value is -2.05. The van der Waals surface area contributed by atoms with Crippen LogP contribution in [0, 0.1) is 0 Å². The maximum absolute atomic E-state index is 12.9. The summed E-state index contributed by atoms with van der Waals surface area (Å²) in [5.41, 5.74) is 0.0923. The highest BCUT2D eigenvalue weighted by molar-refractivity contribution is 5.61. The molecule has 0 radical (unpaired) electrons. The molecule has 2 heterocycles. The van der Waals surface area contributed by atoms with E-state index in [9.17, 15) is 13.2 Å². The molecule has 4 nitrogen and oxygen atoms in total. The van der Waals surface area contributed by atoms with Crippen molar-refractivity contribution in [2.75, 3.05) is 11.9 Å². The second-order valence-electron chi connectivity index (χ2n) is 4.45. The fourth-order valence-electron chi connectivity index (χ4n) is 1.74. The number of pyridine rings is 1. The van der Waals surface area contributed by atoms with Gasteiger partial charge in [0.2, 0.25) is 0 Å². The van der Waals surface area contributed by atoms with E-state index in [-0.39, 0.29) is 11.5 Å². The van der Waals surface area contributed by atoms with Gasteiger partial charge in [-0.2, -0.15) is 18.3 Å². The Kier molecular flexibility index (Phi) is 3.96. The van der Waals surface area contributed by atoms with Gasteiger partial charge in [-0.1, -0.05) is 6.92 Å². The Morgan fingerprint density at radius 3 is 2.60 bits per heavy atom. The highest BCUT2D eigenvalue weighted by Crippen LogP contribution is 2.33. The molecule has 0 aliphatic heterocycles. The largest absolute Gasteiger partial charge is 0.416 e. The average Bonchev–Trinajstić information content (AvgIpc) is 2.82. The van der Waals surface area contributed by atoms with Gasteiger partial charge in [0.1, 0.15) is 5.82 Å². The van der Waals surface area contributed by atoms with Crippen molar-refractivity contribution in [3.05, 3.63) is 30.1 Å². The molecule has 0 aliphatic rings. The van der Waals surface area contributed by atoms with Gasteiger partial charge in [0, 0.05) is 25.4 Å². The smallest absolute Gasteiger partial charge is 0.370 e. The summed E-state index contributed by atoms with van der Waals surface area (Å²) >= 11 is 0. The number of aryl methyl sites for hydroxylation is 1. The number of anilines is 1. The van der Waals surface area contributed by atoms with Crippen LogP contribution in [-0.2, 0) is 13.2 Å². The van der Waals surface area contributed by atoms with Crippen molar-refractivity contribution in [3.63, 3.8) is 0 Å². The third-order valence-corrected chi connectivity index (χ3v) is 2.71. The summed E-state index contributed by atoms with van der Waals surface area (Å²) in [6.45, 7) is 2.50. The van der Waals surface area contributed by atoms with Gasteiger partial charge in [-0.3, -0.25) is 4.68 Å². The van der Waals surface area contributed by atoms with Crippen LogP contribution >= 0.6 is 0 Å². The van der Waals surface area contributed by atoms with E-state index in [1.807, 2.05) is 6.92 Å². The van der Waals surface area contributed by atoms with Gasteiger partial charge >= 0.3 is 6.18 Å². The van der Waals surface area contributed by atoms with Crippen LogP contribution < -0.4 is 5.32 Å². The molecule has 0 aromatic carbocycles. The van der Waals surface area contributed by atoms with Crippen molar-refractivity contribution in [2.24, 2.45) is 7.05 Å². The number of nitrogens with zero attached hydrogens (tertiary/aromatic N) is 3. The molecule has 20 heavy (non-hydrogen) atoms. The lowest BCUT2D eigenvalue weighted by Gasteiger charge is -2.11. The molecule has 1 N–H and O–H groups in total. The molecule has 0 saturated heterocycles. The Labute approximate surface area is 114 Å². The molecular weight excluding hydrogens is 269 g/mol. The Balaban J connectivity index is 2.45. The molecule has 0 fully saturated rings. The van der Waals surface area contributed by atoms with Gasteiger partial charge in [-0.05, 0) is 18.6 Å². The van der Waals surface area contributed by atoms with E-state index in [1.54, 1.807) is 13.2 Å². The van der Waals surface area contributed by atoms with Crippen LogP contribution in [0.3, 0.4) is 0 Å². The van der Waals surface area contributed by atoms with Gasteiger partial charge in [0.15, 0.2) is 0 Å². The van der Waals surface area contributed by atoms with Crippen LogP contribution in [0.5, 0.6) is 0 Å². The zero-order valence-electron chi connectivity index (χ0n) is 11.2. The molecule has 108 valence electrons. The van der Waals surface area contributed by atoms with E-state index in [2.05, 4.69) is 15.4 Å². The third-order valence-electron chi connectivity index (χ3n) is 2.71. The van der Waals surface area contributed by atoms with Gasteiger partial charge < -0.3 is 5.32 Å². The summed E-state index contributed by atoms with van der Waals surface area (Å²) in [6.07, 6.45) is -0.471. The summed E-state index contributed by atoms with van der Waals surface area (Å²) in [5.74, 6) is 0.223. The number of alkyl halides is 3. The molecular formula is C13H15F3N4. The molecule has 0 aliphatic carbocycles. The zero-order valence-corrected chi connectivity index (χ0v) is 11.2. The maximum Gasteiger partial charge on any atom is 0.416 e. The van der Waals surface area contributed by atoms with Gasteiger partial charge in [-0.25, -0.2) is 4.98 Å². The van der Waals surface area contributed by atoms with E-state index < -0.39 is 11.7 Å².